The number of ether oxygens (including phenoxy) is 1. The highest BCUT2D eigenvalue weighted by Gasteiger charge is 2.28. The van der Waals surface area contributed by atoms with Crippen molar-refractivity contribution in [2.75, 3.05) is 26.5 Å². The van der Waals surface area contributed by atoms with Gasteiger partial charge < -0.3 is 19.9 Å². The number of hydrogen-bond donors (Lipinski definition) is 2. The van der Waals surface area contributed by atoms with Gasteiger partial charge in [0.2, 0.25) is 17.7 Å². The van der Waals surface area contributed by atoms with E-state index in [1.165, 1.54) is 4.68 Å². The van der Waals surface area contributed by atoms with Crippen LogP contribution in [0.1, 0.15) is 25.7 Å². The largest absolute Gasteiger partial charge is 0.480 e. The van der Waals surface area contributed by atoms with Gasteiger partial charge in [-0.05, 0) is 43.4 Å². The second-order valence-corrected chi connectivity index (χ2v) is 9.27. The molecule has 0 spiro atoms. The number of carbonyl (C=O) groups is 1. The van der Waals surface area contributed by atoms with E-state index >= 15 is 0 Å². The van der Waals surface area contributed by atoms with Crippen molar-refractivity contribution in [3.63, 3.8) is 0 Å². The average molecular weight is 499 g/mol. The molecule has 1 aromatic carbocycles. The summed E-state index contributed by atoms with van der Waals surface area (Å²) in [6, 6.07) is 5.54. The van der Waals surface area contributed by atoms with E-state index in [-0.39, 0.29) is 17.9 Å². The molecule has 190 valence electrons. The monoisotopic (exact) mass is 498 g/mol. The van der Waals surface area contributed by atoms with Crippen molar-refractivity contribution in [3.8, 4) is 17.0 Å². The lowest BCUT2D eigenvalue weighted by molar-refractivity contribution is -0.133. The molecule has 1 aliphatic carbocycles. The number of fused-ring (bicyclic) bond motifs is 2. The van der Waals surface area contributed by atoms with E-state index in [0.29, 0.717) is 33.9 Å². The SMILES string of the molecule is COc1nc(NC2CCC(C(=O)N(C)C)CC2)nc2[nH]cc(-c3ccc4nnn(CC(F)F)c4c3)c12. The molecule has 0 saturated heterocycles. The summed E-state index contributed by atoms with van der Waals surface area (Å²) in [7, 11) is 5.13. The number of carbonyl (C=O) groups excluding carboxylic acids is 1. The van der Waals surface area contributed by atoms with Crippen molar-refractivity contribution in [2.45, 2.75) is 44.7 Å². The summed E-state index contributed by atoms with van der Waals surface area (Å²) in [5.41, 5.74) is 3.20. The van der Waals surface area contributed by atoms with Crippen molar-refractivity contribution in [3.05, 3.63) is 24.4 Å². The fourth-order valence-electron chi connectivity index (χ4n) is 4.87. The van der Waals surface area contributed by atoms with Crippen LogP contribution < -0.4 is 10.1 Å². The number of benzene rings is 1. The Morgan fingerprint density at radius 1 is 1.25 bits per heavy atom. The van der Waals surface area contributed by atoms with Crippen molar-refractivity contribution in [1.29, 1.82) is 0 Å². The maximum absolute atomic E-state index is 12.9. The number of nitrogens with one attached hydrogen (secondary N) is 2. The zero-order valence-electron chi connectivity index (χ0n) is 20.3. The number of alkyl halides is 2. The van der Waals surface area contributed by atoms with Crippen LogP contribution in [0.25, 0.3) is 33.2 Å². The van der Waals surface area contributed by atoms with Gasteiger partial charge in [0.05, 0.1) is 18.0 Å². The van der Waals surface area contributed by atoms with Gasteiger partial charge in [-0.1, -0.05) is 11.3 Å². The molecular weight excluding hydrogens is 470 g/mol. The van der Waals surface area contributed by atoms with E-state index in [9.17, 15) is 13.6 Å². The Balaban J connectivity index is 1.40. The summed E-state index contributed by atoms with van der Waals surface area (Å²) in [5.74, 6) is 1.09. The first-order chi connectivity index (χ1) is 17.3. The van der Waals surface area contributed by atoms with Crippen molar-refractivity contribution < 1.29 is 18.3 Å². The Bertz CT molecular complexity index is 1390. The van der Waals surface area contributed by atoms with Crippen LogP contribution in [0.15, 0.2) is 24.4 Å². The van der Waals surface area contributed by atoms with Gasteiger partial charge in [-0.15, -0.1) is 5.10 Å². The second kappa shape index (κ2) is 9.67. The molecule has 5 rings (SSSR count). The van der Waals surface area contributed by atoms with Crippen LogP contribution >= 0.6 is 0 Å². The van der Waals surface area contributed by atoms with Gasteiger partial charge >= 0.3 is 0 Å². The minimum Gasteiger partial charge on any atom is -0.480 e. The molecule has 3 aromatic heterocycles. The van der Waals surface area contributed by atoms with E-state index in [0.717, 1.165) is 36.8 Å². The number of anilines is 1. The van der Waals surface area contributed by atoms with Gasteiger partial charge in [-0.2, -0.15) is 9.97 Å². The summed E-state index contributed by atoms with van der Waals surface area (Å²) >= 11 is 0. The lowest BCUT2D eigenvalue weighted by atomic mass is 9.85. The Labute approximate surface area is 206 Å². The number of amides is 1. The lowest BCUT2D eigenvalue weighted by Gasteiger charge is -2.29. The van der Waals surface area contributed by atoms with Gasteiger partial charge in [0, 0.05) is 37.8 Å². The zero-order valence-corrected chi connectivity index (χ0v) is 20.3. The Kier molecular flexibility index (Phi) is 6.42. The average Bonchev–Trinajstić information content (AvgIpc) is 3.47. The minimum atomic E-state index is -2.53. The number of hydrogen-bond acceptors (Lipinski definition) is 7. The molecule has 0 aliphatic heterocycles. The number of halogens is 2. The second-order valence-electron chi connectivity index (χ2n) is 9.27. The number of aromatic amines is 1. The van der Waals surface area contributed by atoms with Crippen LogP contribution in [0.5, 0.6) is 5.88 Å². The number of H-pyrrole nitrogens is 1. The quantitative estimate of drug-likeness (QED) is 0.399. The molecule has 10 nitrogen and oxygen atoms in total. The van der Waals surface area contributed by atoms with Crippen LogP contribution in [0.3, 0.4) is 0 Å². The molecule has 1 aliphatic rings. The zero-order chi connectivity index (χ0) is 25.4. The summed E-state index contributed by atoms with van der Waals surface area (Å²) < 4.78 is 32.7. The molecular formula is C24H28F2N8O2. The van der Waals surface area contributed by atoms with Crippen molar-refractivity contribution >= 4 is 33.9 Å². The first kappa shape index (κ1) is 23.9. The number of rotatable bonds is 7. The van der Waals surface area contributed by atoms with E-state index in [2.05, 4.69) is 30.6 Å². The van der Waals surface area contributed by atoms with Gasteiger partial charge in [-0.25, -0.2) is 13.5 Å². The molecule has 36 heavy (non-hydrogen) atoms. The van der Waals surface area contributed by atoms with Crippen LogP contribution in [0, 0.1) is 5.92 Å². The Hall–Kier alpha value is -3.83. The van der Waals surface area contributed by atoms with Gasteiger partial charge in [0.25, 0.3) is 6.43 Å². The number of methoxy groups -OCH3 is 1. The predicted octanol–water partition coefficient (Wildman–Crippen LogP) is 3.70. The smallest absolute Gasteiger partial charge is 0.258 e. The molecule has 3 heterocycles. The predicted molar refractivity (Wildman–Crippen MR) is 131 cm³/mol. The fraction of sp³-hybridized carbons (Fsp3) is 0.458. The van der Waals surface area contributed by atoms with Gasteiger partial charge in [-0.3, -0.25) is 4.79 Å². The van der Waals surface area contributed by atoms with E-state index in [4.69, 9.17) is 4.74 Å². The molecule has 1 fully saturated rings. The van der Waals surface area contributed by atoms with Gasteiger partial charge in [0.15, 0.2) is 0 Å². The normalized spacial score (nSPS) is 18.2. The Morgan fingerprint density at radius 2 is 2.03 bits per heavy atom. The summed E-state index contributed by atoms with van der Waals surface area (Å²) in [6.07, 6.45) is 2.61. The standard InChI is InChI=1S/C24H28F2N8O2/c1-33(2)23(35)13-4-7-15(8-5-13)28-24-29-21-20(22(30-24)36-3)16(11-27-21)14-6-9-17-18(10-14)34(32-31-17)12-19(25)26/h6,9-11,13,15,19H,4-5,7-8,12H2,1-3H3,(H2,27,28,29,30). The summed E-state index contributed by atoms with van der Waals surface area (Å²) in [5, 5.41) is 11.9. The molecule has 2 N–H and O–H groups in total. The highest BCUT2D eigenvalue weighted by atomic mass is 19.3. The molecule has 0 unspecified atom stereocenters. The third-order valence-electron chi connectivity index (χ3n) is 6.68. The molecule has 0 bridgehead atoms. The maximum atomic E-state index is 12.9. The van der Waals surface area contributed by atoms with E-state index in [1.54, 1.807) is 44.4 Å². The molecule has 1 saturated carbocycles. The van der Waals surface area contributed by atoms with E-state index < -0.39 is 13.0 Å². The van der Waals surface area contributed by atoms with E-state index in [1.807, 2.05) is 6.07 Å². The molecule has 12 heteroatoms. The fourth-order valence-corrected chi connectivity index (χ4v) is 4.87. The summed E-state index contributed by atoms with van der Waals surface area (Å²) in [4.78, 5) is 26.3. The number of nitrogens with zero attached hydrogens (tertiary/aromatic N) is 6. The molecule has 1 amide bonds. The van der Waals surface area contributed by atoms with Crippen molar-refractivity contribution in [2.24, 2.45) is 5.92 Å². The Morgan fingerprint density at radius 3 is 2.72 bits per heavy atom. The molecule has 4 aromatic rings. The maximum Gasteiger partial charge on any atom is 0.258 e. The first-order valence-corrected chi connectivity index (χ1v) is 11.9. The minimum absolute atomic E-state index is 0.0616. The van der Waals surface area contributed by atoms with Crippen molar-refractivity contribution in [1.82, 2.24) is 34.8 Å². The van der Waals surface area contributed by atoms with Crippen LogP contribution in [-0.2, 0) is 11.3 Å². The topological polar surface area (TPSA) is 114 Å². The number of aromatic nitrogens is 6. The first-order valence-electron chi connectivity index (χ1n) is 11.9. The van der Waals surface area contributed by atoms with Crippen LogP contribution in [0.2, 0.25) is 0 Å². The van der Waals surface area contributed by atoms with Crippen LogP contribution in [0.4, 0.5) is 14.7 Å². The lowest BCUT2D eigenvalue weighted by Crippen LogP contribution is -2.35. The third kappa shape index (κ3) is 4.54. The third-order valence-corrected chi connectivity index (χ3v) is 6.68. The molecule has 0 atom stereocenters. The highest BCUT2D eigenvalue weighted by molar-refractivity contribution is 5.99. The highest BCUT2D eigenvalue weighted by Crippen LogP contribution is 2.36. The van der Waals surface area contributed by atoms with Crippen LogP contribution in [-0.4, -0.2) is 74.4 Å². The van der Waals surface area contributed by atoms with Gasteiger partial charge in [0.1, 0.15) is 17.7 Å². The molecule has 0 radical (unpaired) electrons. The summed E-state index contributed by atoms with van der Waals surface area (Å²) in [6.45, 7) is -0.527.